The average Bonchev–Trinajstić information content (AvgIpc) is 3.11. The van der Waals surface area contributed by atoms with Gasteiger partial charge in [0, 0.05) is 0 Å². The van der Waals surface area contributed by atoms with Gasteiger partial charge in [0.25, 0.3) is 0 Å². The maximum absolute atomic E-state index is 13.0. The Morgan fingerprint density at radius 3 is 1.54 bits per heavy atom. The smallest absolute Gasteiger partial charge is 0.394 e. The molecule has 0 bridgehead atoms. The van der Waals surface area contributed by atoms with Gasteiger partial charge < -0.3 is 40.3 Å². The second-order valence-electron chi connectivity index (χ2n) is 14.7. The maximum atomic E-state index is 13.0. The zero-order valence-electron chi connectivity index (χ0n) is 32.3. The number of carbonyl (C=O) groups excluding carboxylic acids is 1. The fourth-order valence-corrected chi connectivity index (χ4v) is 7.21. The predicted molar refractivity (Wildman–Crippen MR) is 201 cm³/mol. The normalized spacial score (nSPS) is 22.7. The molecule has 1 aliphatic rings. The third-order valence-electron chi connectivity index (χ3n) is 10.0. The molecule has 310 valence electrons. The van der Waals surface area contributed by atoms with Crippen LogP contribution >= 0.6 is 0 Å². The van der Waals surface area contributed by atoms with Crippen molar-refractivity contribution in [1.82, 2.24) is 5.32 Å². The fraction of sp³-hybridized carbons (Fsp3) is 0.974. The summed E-state index contributed by atoms with van der Waals surface area (Å²) in [5, 5.41) is 55.0. The van der Waals surface area contributed by atoms with E-state index in [2.05, 4.69) is 23.3 Å². The zero-order valence-corrected chi connectivity index (χ0v) is 33.1. The molecule has 0 aliphatic carbocycles. The summed E-state index contributed by atoms with van der Waals surface area (Å²) in [5.74, 6) is -0.671. The number of unbranched alkanes of at least 4 members (excludes halogenated alkanes) is 21. The minimum atomic E-state index is -5.10. The Balaban J connectivity index is 2.60. The highest BCUT2D eigenvalue weighted by Gasteiger charge is 2.48. The average molecular weight is 770 g/mol. The lowest BCUT2D eigenvalue weighted by Gasteiger charge is -2.41. The van der Waals surface area contributed by atoms with Crippen LogP contribution in [0.25, 0.3) is 0 Å². The number of carbonyl (C=O) groups is 1. The molecule has 1 rings (SSSR count). The van der Waals surface area contributed by atoms with Crippen LogP contribution in [-0.2, 0) is 28.9 Å². The number of aliphatic hydroxyl groups excluding tert-OH is 5. The van der Waals surface area contributed by atoms with Crippen LogP contribution in [-0.4, -0.2) is 107 Å². The van der Waals surface area contributed by atoms with Gasteiger partial charge in [0.15, 0.2) is 6.29 Å². The SMILES string of the molecule is CCCCCCCCCCCCCCCCC(O)C(=O)NC(COC1OC(CO)C(O)C(OS(=O)(=O)O)C1O)C(O)CCCCCCCCCCC. The summed E-state index contributed by atoms with van der Waals surface area (Å²) >= 11 is 0. The molecule has 13 nitrogen and oxygen atoms in total. The van der Waals surface area contributed by atoms with Crippen LogP contribution in [0.2, 0.25) is 0 Å². The van der Waals surface area contributed by atoms with E-state index < -0.39 is 78.5 Å². The lowest BCUT2D eigenvalue weighted by molar-refractivity contribution is -0.298. The molecule has 1 fully saturated rings. The molecule has 52 heavy (non-hydrogen) atoms. The largest absolute Gasteiger partial charge is 0.397 e. The Bertz CT molecular complexity index is 974. The Hall–Kier alpha value is -0.940. The third kappa shape index (κ3) is 23.1. The van der Waals surface area contributed by atoms with Crippen LogP contribution < -0.4 is 5.32 Å². The van der Waals surface area contributed by atoms with Crippen molar-refractivity contribution in [3.8, 4) is 0 Å². The summed E-state index contributed by atoms with van der Waals surface area (Å²) in [5.41, 5.74) is 0. The Kier molecular flexibility index (Phi) is 28.6. The molecule has 0 aromatic rings. The van der Waals surface area contributed by atoms with Gasteiger partial charge in [-0.25, -0.2) is 4.18 Å². The second kappa shape index (κ2) is 30.3. The molecule has 0 radical (unpaired) electrons. The van der Waals surface area contributed by atoms with Crippen molar-refractivity contribution in [2.24, 2.45) is 0 Å². The number of hydrogen-bond acceptors (Lipinski definition) is 11. The third-order valence-corrected chi connectivity index (χ3v) is 10.5. The van der Waals surface area contributed by atoms with E-state index in [4.69, 9.17) is 14.0 Å². The summed E-state index contributed by atoms with van der Waals surface area (Å²) in [6, 6.07) is -1.02. The highest BCUT2D eigenvalue weighted by atomic mass is 32.3. The molecule has 1 amide bonds. The minimum absolute atomic E-state index is 0.265. The maximum Gasteiger partial charge on any atom is 0.397 e. The quantitative estimate of drug-likeness (QED) is 0.0314. The first kappa shape index (κ1) is 49.1. The van der Waals surface area contributed by atoms with Crippen molar-refractivity contribution in [1.29, 1.82) is 0 Å². The molecule has 0 spiro atoms. The zero-order chi connectivity index (χ0) is 38.6. The first-order chi connectivity index (χ1) is 24.9. The first-order valence-corrected chi connectivity index (χ1v) is 21.9. The van der Waals surface area contributed by atoms with Crippen LogP contribution in [0.1, 0.15) is 174 Å². The molecule has 8 atom stereocenters. The van der Waals surface area contributed by atoms with Crippen molar-refractivity contribution < 1.29 is 57.0 Å². The van der Waals surface area contributed by atoms with Crippen LogP contribution in [0.4, 0.5) is 0 Å². The molecule has 1 aliphatic heterocycles. The van der Waals surface area contributed by atoms with E-state index in [1.807, 2.05) is 0 Å². The van der Waals surface area contributed by atoms with Crippen molar-refractivity contribution in [2.75, 3.05) is 13.2 Å². The van der Waals surface area contributed by atoms with Gasteiger partial charge in [-0.15, -0.1) is 0 Å². The highest BCUT2D eigenvalue weighted by molar-refractivity contribution is 7.80. The summed E-state index contributed by atoms with van der Waals surface area (Å²) in [4.78, 5) is 13.0. The van der Waals surface area contributed by atoms with E-state index in [9.17, 15) is 38.7 Å². The highest BCUT2D eigenvalue weighted by Crippen LogP contribution is 2.26. The summed E-state index contributed by atoms with van der Waals surface area (Å²) in [7, 11) is -5.10. The molecule has 8 unspecified atom stereocenters. The number of amides is 1. The number of ether oxygens (including phenoxy) is 2. The predicted octanol–water partition coefficient (Wildman–Crippen LogP) is 5.63. The van der Waals surface area contributed by atoms with E-state index in [-0.39, 0.29) is 6.42 Å². The number of nitrogens with one attached hydrogen (secondary N) is 1. The topological polar surface area (TPSA) is 212 Å². The van der Waals surface area contributed by atoms with E-state index in [0.717, 1.165) is 38.5 Å². The van der Waals surface area contributed by atoms with Gasteiger partial charge in [-0.2, -0.15) is 8.42 Å². The summed E-state index contributed by atoms with van der Waals surface area (Å²) in [6.07, 6.45) is 16.0. The van der Waals surface area contributed by atoms with E-state index in [1.54, 1.807) is 0 Å². The van der Waals surface area contributed by atoms with Gasteiger partial charge >= 0.3 is 10.4 Å². The first-order valence-electron chi connectivity index (χ1n) is 20.5. The molecule has 0 aromatic carbocycles. The molecule has 0 aromatic heterocycles. The lowest BCUT2D eigenvalue weighted by atomic mass is 9.99. The Morgan fingerprint density at radius 1 is 0.692 bits per heavy atom. The second-order valence-corrected chi connectivity index (χ2v) is 15.8. The molecule has 7 N–H and O–H groups in total. The van der Waals surface area contributed by atoms with Crippen molar-refractivity contribution >= 4 is 16.3 Å². The molecular formula is C38H75NO12S. The molecule has 1 heterocycles. The Morgan fingerprint density at radius 2 is 1.12 bits per heavy atom. The monoisotopic (exact) mass is 770 g/mol. The van der Waals surface area contributed by atoms with E-state index >= 15 is 0 Å². The van der Waals surface area contributed by atoms with Gasteiger partial charge in [-0.05, 0) is 12.8 Å². The summed E-state index contributed by atoms with van der Waals surface area (Å²) in [6.45, 7) is 3.22. The molecule has 14 heteroatoms. The van der Waals surface area contributed by atoms with Crippen molar-refractivity contribution in [3.05, 3.63) is 0 Å². The van der Waals surface area contributed by atoms with Gasteiger partial charge in [0.05, 0.1) is 25.4 Å². The molecule has 0 saturated carbocycles. The standard InChI is InChI=1S/C38H75NO12S/c1-3-5-7-9-11-13-14-15-16-17-19-21-23-25-27-32(42)37(45)39-30(31(41)26-24-22-20-18-12-10-8-6-4-2)29-49-38-35(44)36(51-52(46,47)48)34(43)33(28-40)50-38/h30-36,38,40-44H,3-29H2,1-2H3,(H,39,45)(H,46,47,48). The fourth-order valence-electron chi connectivity index (χ4n) is 6.70. The van der Waals surface area contributed by atoms with Crippen LogP contribution in [0.15, 0.2) is 0 Å². The van der Waals surface area contributed by atoms with Gasteiger partial charge in [0.1, 0.15) is 30.5 Å². The Labute approximate surface area is 314 Å². The van der Waals surface area contributed by atoms with E-state index in [0.29, 0.717) is 19.3 Å². The van der Waals surface area contributed by atoms with Gasteiger partial charge in [-0.1, -0.05) is 162 Å². The number of hydrogen-bond donors (Lipinski definition) is 7. The minimum Gasteiger partial charge on any atom is -0.394 e. The van der Waals surface area contributed by atoms with Crippen molar-refractivity contribution in [3.63, 3.8) is 0 Å². The van der Waals surface area contributed by atoms with Crippen LogP contribution in [0.5, 0.6) is 0 Å². The van der Waals surface area contributed by atoms with E-state index in [1.165, 1.54) is 96.3 Å². The number of rotatable bonds is 34. The number of aliphatic hydroxyl groups is 5. The van der Waals surface area contributed by atoms with Gasteiger partial charge in [0.2, 0.25) is 5.91 Å². The molecular weight excluding hydrogens is 694 g/mol. The van der Waals surface area contributed by atoms with Crippen LogP contribution in [0, 0.1) is 0 Å². The van der Waals surface area contributed by atoms with Crippen molar-refractivity contribution in [2.45, 2.75) is 223 Å². The van der Waals surface area contributed by atoms with Crippen LogP contribution in [0.3, 0.4) is 0 Å². The van der Waals surface area contributed by atoms with Gasteiger partial charge in [-0.3, -0.25) is 9.35 Å². The molecule has 1 saturated heterocycles. The summed E-state index contributed by atoms with van der Waals surface area (Å²) < 4.78 is 47.3. The lowest BCUT2D eigenvalue weighted by Crippen LogP contribution is -2.61.